The van der Waals surface area contributed by atoms with Gasteiger partial charge in [0, 0.05) is 17.6 Å². The molecule has 1 heterocycles. The zero-order valence-corrected chi connectivity index (χ0v) is 7.81. The van der Waals surface area contributed by atoms with Gasteiger partial charge in [-0.05, 0) is 28.7 Å². The molecule has 0 spiro atoms. The first kappa shape index (κ1) is 7.78. The van der Waals surface area contributed by atoms with E-state index in [-0.39, 0.29) is 7.21 Å². The number of carbonyl (C=O) groups is 1. The maximum Gasteiger partial charge on any atom is 0.178 e. The van der Waals surface area contributed by atoms with Gasteiger partial charge in [-0.15, -0.1) is 0 Å². The minimum absolute atomic E-state index is 0. The molecule has 0 aromatic carbocycles. The summed E-state index contributed by atoms with van der Waals surface area (Å²) in [6.07, 6.45) is 2.39. The van der Waals surface area contributed by atoms with Crippen LogP contribution >= 0.6 is 22.6 Å². The van der Waals surface area contributed by atoms with E-state index in [1.54, 1.807) is 0 Å². The van der Waals surface area contributed by atoms with Gasteiger partial charge in [-0.1, -0.05) is 6.92 Å². The van der Waals surface area contributed by atoms with Gasteiger partial charge in [0.1, 0.15) is 0 Å². The van der Waals surface area contributed by atoms with Crippen molar-refractivity contribution in [3.8, 4) is 0 Å². The molecule has 1 rings (SSSR count). The molecule has 0 saturated heterocycles. The van der Waals surface area contributed by atoms with Crippen LogP contribution in [0.2, 0.25) is 0 Å². The molecule has 0 radical (unpaired) electrons. The van der Waals surface area contributed by atoms with Gasteiger partial charge < -0.3 is 4.98 Å². The summed E-state index contributed by atoms with van der Waals surface area (Å²) in [4.78, 5) is 13.9. The normalized spacial score (nSPS) is 9.80. The largest absolute Gasteiger partial charge is 0.358 e. The monoisotopic (exact) mass is 251 g/mol. The zero-order chi connectivity index (χ0) is 7.56. The molecule has 10 heavy (non-hydrogen) atoms. The third-order valence-electron chi connectivity index (χ3n) is 1.27. The molecule has 2 nitrogen and oxygen atoms in total. The lowest BCUT2D eigenvalue weighted by molar-refractivity contribution is 0.0984. The van der Waals surface area contributed by atoms with Crippen LogP contribution in [0.3, 0.4) is 0 Å². The highest BCUT2D eigenvalue weighted by Gasteiger charge is 2.03. The highest BCUT2D eigenvalue weighted by atomic mass is 127. The van der Waals surface area contributed by atoms with Crippen LogP contribution in [0, 0.1) is 3.57 Å². The molecule has 0 saturated carbocycles. The Morgan fingerprint density at radius 1 is 1.90 bits per heavy atom. The topological polar surface area (TPSA) is 32.9 Å². The predicted octanol–water partition coefficient (Wildman–Crippen LogP) is 2.46. The SMILES string of the molecule is CCC(=O)c1cc(I)c[nH]1.[HH]. The number of aromatic amines is 1. The number of Topliss-reactive ketones (excluding diaryl/α,β-unsaturated/α-hetero) is 1. The maximum atomic E-state index is 11.0. The minimum atomic E-state index is 0. The Balaban J connectivity index is 0.000001000. The Morgan fingerprint density at radius 3 is 3.00 bits per heavy atom. The first-order chi connectivity index (χ1) is 4.74. The number of halogens is 1. The van der Waals surface area contributed by atoms with E-state index in [1.165, 1.54) is 0 Å². The lowest BCUT2D eigenvalue weighted by Gasteiger charge is -1.88. The van der Waals surface area contributed by atoms with E-state index in [4.69, 9.17) is 0 Å². The molecule has 0 bridgehead atoms. The summed E-state index contributed by atoms with van der Waals surface area (Å²) in [5.41, 5.74) is 0.715. The van der Waals surface area contributed by atoms with Crippen LogP contribution in [0.15, 0.2) is 12.3 Å². The summed E-state index contributed by atoms with van der Waals surface area (Å²) < 4.78 is 1.08. The number of hydrogen-bond acceptors (Lipinski definition) is 1. The van der Waals surface area contributed by atoms with Crippen LogP contribution in [0.5, 0.6) is 0 Å². The van der Waals surface area contributed by atoms with Crippen molar-refractivity contribution in [1.29, 1.82) is 0 Å². The van der Waals surface area contributed by atoms with E-state index >= 15 is 0 Å². The zero-order valence-electron chi connectivity index (χ0n) is 5.65. The molecule has 56 valence electrons. The summed E-state index contributed by atoms with van der Waals surface area (Å²) >= 11 is 2.17. The van der Waals surface area contributed by atoms with Crippen molar-refractivity contribution in [2.45, 2.75) is 13.3 Å². The average molecular weight is 251 g/mol. The Morgan fingerprint density at radius 2 is 2.60 bits per heavy atom. The van der Waals surface area contributed by atoms with Crippen LogP contribution in [-0.4, -0.2) is 10.8 Å². The molecular formula is C7H10INO. The fourth-order valence-corrected chi connectivity index (χ4v) is 1.19. The van der Waals surface area contributed by atoms with Crippen molar-refractivity contribution in [2.24, 2.45) is 0 Å². The minimum Gasteiger partial charge on any atom is -0.358 e. The third kappa shape index (κ3) is 1.59. The number of ketones is 1. The molecule has 0 aliphatic carbocycles. The van der Waals surface area contributed by atoms with Crippen molar-refractivity contribution in [1.82, 2.24) is 4.98 Å². The first-order valence-corrected chi connectivity index (χ1v) is 4.19. The molecule has 1 aromatic heterocycles. The van der Waals surface area contributed by atoms with E-state index in [9.17, 15) is 4.79 Å². The van der Waals surface area contributed by atoms with Gasteiger partial charge >= 0.3 is 0 Å². The molecule has 0 fully saturated rings. The van der Waals surface area contributed by atoms with Gasteiger partial charge in [-0.2, -0.15) is 0 Å². The lowest BCUT2D eigenvalue weighted by atomic mass is 10.2. The van der Waals surface area contributed by atoms with Gasteiger partial charge in [0.25, 0.3) is 0 Å². The predicted molar refractivity (Wildman–Crippen MR) is 50.2 cm³/mol. The van der Waals surface area contributed by atoms with E-state index in [0.29, 0.717) is 12.1 Å². The summed E-state index contributed by atoms with van der Waals surface area (Å²) in [7, 11) is 0. The molecule has 0 unspecified atom stereocenters. The van der Waals surface area contributed by atoms with E-state index in [0.717, 1.165) is 3.57 Å². The highest BCUT2D eigenvalue weighted by Crippen LogP contribution is 2.07. The van der Waals surface area contributed by atoms with Crippen molar-refractivity contribution < 1.29 is 6.22 Å². The molecule has 1 N–H and O–H groups in total. The number of rotatable bonds is 2. The van der Waals surface area contributed by atoms with Gasteiger partial charge in [0.2, 0.25) is 0 Å². The number of aromatic nitrogens is 1. The van der Waals surface area contributed by atoms with Gasteiger partial charge in [-0.3, -0.25) is 4.79 Å². The molecule has 0 atom stereocenters. The number of carbonyl (C=O) groups excluding carboxylic acids is 1. The lowest BCUT2D eigenvalue weighted by Crippen LogP contribution is -1.95. The summed E-state index contributed by atoms with van der Waals surface area (Å²) in [5.74, 6) is 0.169. The fourth-order valence-electron chi connectivity index (χ4n) is 0.719. The summed E-state index contributed by atoms with van der Waals surface area (Å²) in [6, 6.07) is 1.85. The first-order valence-electron chi connectivity index (χ1n) is 3.11. The molecule has 1 aromatic rings. The Labute approximate surface area is 74.6 Å². The van der Waals surface area contributed by atoms with Crippen LogP contribution in [0.4, 0.5) is 0 Å². The van der Waals surface area contributed by atoms with E-state index in [1.807, 2.05) is 19.2 Å². The Hall–Kier alpha value is -0.320. The Bertz CT molecular complexity index is 246. The quantitative estimate of drug-likeness (QED) is 0.635. The molecular weight excluding hydrogens is 241 g/mol. The van der Waals surface area contributed by atoms with E-state index in [2.05, 4.69) is 27.6 Å². The average Bonchev–Trinajstić information content (AvgIpc) is 2.34. The van der Waals surface area contributed by atoms with Gasteiger partial charge in [-0.25, -0.2) is 0 Å². The van der Waals surface area contributed by atoms with Crippen molar-refractivity contribution in [3.63, 3.8) is 0 Å². The van der Waals surface area contributed by atoms with Crippen LogP contribution in [-0.2, 0) is 0 Å². The molecule has 0 aliphatic rings. The second kappa shape index (κ2) is 3.18. The van der Waals surface area contributed by atoms with Crippen LogP contribution < -0.4 is 0 Å². The second-order valence-corrected chi connectivity index (χ2v) is 3.25. The molecule has 3 heteroatoms. The van der Waals surface area contributed by atoms with E-state index < -0.39 is 0 Å². The number of hydrogen-bond donors (Lipinski definition) is 1. The summed E-state index contributed by atoms with van der Waals surface area (Å²) in [6.45, 7) is 1.86. The fraction of sp³-hybridized carbons (Fsp3) is 0.286. The number of H-pyrrole nitrogens is 1. The second-order valence-electron chi connectivity index (χ2n) is 2.01. The highest BCUT2D eigenvalue weighted by molar-refractivity contribution is 14.1. The third-order valence-corrected chi connectivity index (χ3v) is 1.89. The van der Waals surface area contributed by atoms with Crippen LogP contribution in [0.25, 0.3) is 0 Å². The van der Waals surface area contributed by atoms with Gasteiger partial charge in [0.15, 0.2) is 5.78 Å². The smallest absolute Gasteiger partial charge is 0.178 e. The van der Waals surface area contributed by atoms with Gasteiger partial charge in [0.05, 0.1) is 5.69 Å². The maximum absolute atomic E-state index is 11.0. The van der Waals surface area contributed by atoms with Crippen molar-refractivity contribution in [3.05, 3.63) is 21.5 Å². The Kier molecular flexibility index (Phi) is 2.48. The molecule has 0 aliphatic heterocycles. The van der Waals surface area contributed by atoms with Crippen molar-refractivity contribution in [2.75, 3.05) is 0 Å². The van der Waals surface area contributed by atoms with Crippen LogP contribution in [0.1, 0.15) is 25.3 Å². The summed E-state index contributed by atoms with van der Waals surface area (Å²) in [5, 5.41) is 0. The number of nitrogens with one attached hydrogen (secondary N) is 1. The molecule has 0 amide bonds. The standard InChI is InChI=1S/C7H8INO.H2/c1-2-7(10)6-3-5(8)4-9-6;/h3-4,9H,2H2,1H3;1H. The van der Waals surface area contributed by atoms with Crippen molar-refractivity contribution >= 4 is 28.4 Å².